The summed E-state index contributed by atoms with van der Waals surface area (Å²) >= 11 is 0. The summed E-state index contributed by atoms with van der Waals surface area (Å²) in [6.45, 7) is 10.9. The second kappa shape index (κ2) is 9.55. The van der Waals surface area contributed by atoms with E-state index in [0.29, 0.717) is 32.1 Å². The molecule has 31 heavy (non-hydrogen) atoms. The Morgan fingerprint density at radius 3 is 2.45 bits per heavy atom. The zero-order valence-corrected chi connectivity index (χ0v) is 18.4. The van der Waals surface area contributed by atoms with Crippen LogP contribution in [0.1, 0.15) is 30.8 Å². The van der Waals surface area contributed by atoms with E-state index in [1.807, 2.05) is 19.9 Å². The lowest BCUT2D eigenvalue weighted by Crippen LogP contribution is -2.51. The van der Waals surface area contributed by atoms with Crippen molar-refractivity contribution in [1.82, 2.24) is 34.6 Å². The highest BCUT2D eigenvalue weighted by molar-refractivity contribution is 6.02. The molecular formula is C21H28N8O2. The number of aromatic nitrogens is 5. The first-order chi connectivity index (χ1) is 14.8. The summed E-state index contributed by atoms with van der Waals surface area (Å²) in [4.78, 5) is 28.6. The number of aryl methyl sites for hydroxylation is 1. The van der Waals surface area contributed by atoms with Crippen LogP contribution < -0.4 is 0 Å². The molecule has 0 bridgehead atoms. The molecule has 0 unspecified atom stereocenters. The molecule has 164 valence electrons. The highest BCUT2D eigenvalue weighted by Crippen LogP contribution is 2.20. The molecule has 1 aliphatic rings. The van der Waals surface area contributed by atoms with E-state index in [4.69, 9.17) is 0 Å². The molecule has 0 saturated carbocycles. The van der Waals surface area contributed by atoms with E-state index in [2.05, 4.69) is 40.0 Å². The second-order valence-electron chi connectivity index (χ2n) is 8.18. The first-order valence-corrected chi connectivity index (χ1v) is 10.4. The first-order valence-electron chi connectivity index (χ1n) is 10.4. The van der Waals surface area contributed by atoms with Crippen LogP contribution in [-0.2, 0) is 22.7 Å². The van der Waals surface area contributed by atoms with E-state index >= 15 is 0 Å². The third-order valence-corrected chi connectivity index (χ3v) is 5.42. The van der Waals surface area contributed by atoms with E-state index in [-0.39, 0.29) is 23.9 Å². The maximum atomic E-state index is 12.9. The number of tetrazole rings is 1. The quantitative estimate of drug-likeness (QED) is 0.505. The number of hydrogen-bond donors (Lipinski definition) is 0. The number of rotatable bonds is 6. The van der Waals surface area contributed by atoms with E-state index in [1.54, 1.807) is 15.9 Å². The second-order valence-corrected chi connectivity index (χ2v) is 8.18. The van der Waals surface area contributed by atoms with E-state index in [0.717, 1.165) is 23.5 Å². The highest BCUT2D eigenvalue weighted by Gasteiger charge is 2.26. The molecule has 1 fully saturated rings. The van der Waals surface area contributed by atoms with Crippen LogP contribution in [0.2, 0.25) is 0 Å². The van der Waals surface area contributed by atoms with Crippen molar-refractivity contribution in [2.45, 2.75) is 40.8 Å². The summed E-state index contributed by atoms with van der Waals surface area (Å²) in [5.74, 6) is 0.0929. The van der Waals surface area contributed by atoms with Crippen LogP contribution in [-0.4, -0.2) is 72.6 Å². The van der Waals surface area contributed by atoms with Gasteiger partial charge in [0.25, 0.3) is 5.91 Å². The molecule has 3 rings (SSSR count). The van der Waals surface area contributed by atoms with Gasteiger partial charge in [0.05, 0.1) is 0 Å². The van der Waals surface area contributed by atoms with Crippen molar-refractivity contribution >= 4 is 17.9 Å². The highest BCUT2D eigenvalue weighted by atomic mass is 16.2. The van der Waals surface area contributed by atoms with Crippen molar-refractivity contribution in [3.63, 3.8) is 0 Å². The molecule has 0 N–H and O–H groups in total. The Kier molecular flexibility index (Phi) is 6.84. The smallest absolute Gasteiger partial charge is 0.264 e. The average Bonchev–Trinajstić information content (AvgIpc) is 3.35. The van der Waals surface area contributed by atoms with Crippen LogP contribution in [0.25, 0.3) is 6.08 Å². The zero-order chi connectivity index (χ0) is 22.5. The van der Waals surface area contributed by atoms with Gasteiger partial charge in [0, 0.05) is 44.1 Å². The minimum atomic E-state index is -0.302. The van der Waals surface area contributed by atoms with Gasteiger partial charge in [-0.25, -0.2) is 4.68 Å². The Morgan fingerprint density at radius 1 is 1.19 bits per heavy atom. The van der Waals surface area contributed by atoms with Gasteiger partial charge < -0.3 is 14.4 Å². The summed E-state index contributed by atoms with van der Waals surface area (Å²) < 4.78 is 3.58. The van der Waals surface area contributed by atoms with Crippen LogP contribution in [0.5, 0.6) is 0 Å². The maximum absolute atomic E-state index is 12.9. The zero-order valence-electron chi connectivity index (χ0n) is 18.4. The fourth-order valence-electron chi connectivity index (χ4n) is 3.74. The fraction of sp³-hybridized carbons (Fsp3) is 0.524. The summed E-state index contributed by atoms with van der Waals surface area (Å²) in [5, 5.41) is 20.4. The van der Waals surface area contributed by atoms with Gasteiger partial charge in [-0.3, -0.25) is 9.59 Å². The van der Waals surface area contributed by atoms with Gasteiger partial charge in [0.1, 0.15) is 24.5 Å². The van der Waals surface area contributed by atoms with Crippen LogP contribution in [0.3, 0.4) is 0 Å². The van der Waals surface area contributed by atoms with Crippen LogP contribution >= 0.6 is 0 Å². The average molecular weight is 425 g/mol. The number of nitrogens with zero attached hydrogens (tertiary/aromatic N) is 8. The number of carbonyl (C=O) groups is 2. The Hall–Kier alpha value is -3.48. The predicted octanol–water partition coefficient (Wildman–Crippen LogP) is 1.03. The normalized spacial score (nSPS) is 14.8. The molecule has 0 atom stereocenters. The van der Waals surface area contributed by atoms with Gasteiger partial charge in [0.15, 0.2) is 0 Å². The molecule has 0 aromatic carbocycles. The van der Waals surface area contributed by atoms with Gasteiger partial charge in [-0.2, -0.15) is 5.26 Å². The Bertz CT molecular complexity index is 1010. The minimum Gasteiger partial charge on any atom is -0.348 e. The van der Waals surface area contributed by atoms with Crippen LogP contribution in [0.15, 0.2) is 18.0 Å². The molecule has 2 aromatic heterocycles. The van der Waals surface area contributed by atoms with Crippen molar-refractivity contribution in [2.75, 3.05) is 26.2 Å². The molecule has 2 amide bonds. The fourth-order valence-corrected chi connectivity index (χ4v) is 3.74. The van der Waals surface area contributed by atoms with Gasteiger partial charge >= 0.3 is 0 Å². The minimum absolute atomic E-state index is 0.0658. The topological polar surface area (TPSA) is 113 Å². The van der Waals surface area contributed by atoms with E-state index in [9.17, 15) is 14.9 Å². The molecule has 0 spiro atoms. The molecule has 10 nitrogen and oxygen atoms in total. The Morgan fingerprint density at radius 2 is 1.87 bits per heavy atom. The molecule has 1 aliphatic heterocycles. The van der Waals surface area contributed by atoms with Gasteiger partial charge in [-0.05, 0) is 47.9 Å². The Balaban J connectivity index is 1.65. The number of piperazine rings is 1. The van der Waals surface area contributed by atoms with E-state index in [1.165, 1.54) is 11.0 Å². The molecule has 10 heteroatoms. The standard InChI is InChI=1S/C21H28N8O2/c1-15(2)12-29-16(3)9-18(17(29)4)10-19(11-22)21(31)27-7-5-26(6-8-27)20(30)13-28-14-23-24-25-28/h9-10,14-15H,5-8,12-13H2,1-4H3/b19-10-. The molecule has 0 aliphatic carbocycles. The van der Waals surface area contributed by atoms with Crippen molar-refractivity contribution in [3.05, 3.63) is 34.9 Å². The summed E-state index contributed by atoms with van der Waals surface area (Å²) in [6, 6.07) is 4.07. The first kappa shape index (κ1) is 22.2. The third kappa shape index (κ3) is 5.17. The summed E-state index contributed by atoms with van der Waals surface area (Å²) in [6.07, 6.45) is 3.07. The molecule has 1 saturated heterocycles. The summed E-state index contributed by atoms with van der Waals surface area (Å²) in [7, 11) is 0. The lowest BCUT2D eigenvalue weighted by molar-refractivity contribution is -0.138. The van der Waals surface area contributed by atoms with E-state index < -0.39 is 0 Å². The molecule has 3 heterocycles. The van der Waals surface area contributed by atoms with Crippen LogP contribution in [0.4, 0.5) is 0 Å². The summed E-state index contributed by atoms with van der Waals surface area (Å²) in [5.41, 5.74) is 3.15. The van der Waals surface area contributed by atoms with Crippen molar-refractivity contribution < 1.29 is 9.59 Å². The van der Waals surface area contributed by atoms with Crippen molar-refractivity contribution in [3.8, 4) is 6.07 Å². The van der Waals surface area contributed by atoms with Gasteiger partial charge in [0.2, 0.25) is 5.91 Å². The van der Waals surface area contributed by atoms with Crippen molar-refractivity contribution in [1.29, 1.82) is 5.26 Å². The predicted molar refractivity (Wildman–Crippen MR) is 113 cm³/mol. The van der Waals surface area contributed by atoms with Crippen molar-refractivity contribution in [2.24, 2.45) is 5.92 Å². The molecule has 0 radical (unpaired) electrons. The monoisotopic (exact) mass is 424 g/mol. The number of hydrogen-bond acceptors (Lipinski definition) is 6. The number of nitriles is 1. The maximum Gasteiger partial charge on any atom is 0.264 e. The lowest BCUT2D eigenvalue weighted by atomic mass is 10.1. The van der Waals surface area contributed by atoms with Gasteiger partial charge in [-0.15, -0.1) is 5.10 Å². The molecular weight excluding hydrogens is 396 g/mol. The SMILES string of the molecule is Cc1cc(/C=C(/C#N)C(=O)N2CCN(C(=O)Cn3cnnn3)CC2)c(C)n1CC(C)C. The number of carbonyl (C=O) groups excluding carboxylic acids is 2. The third-order valence-electron chi connectivity index (χ3n) is 5.42. The van der Waals surface area contributed by atoms with Crippen LogP contribution in [0, 0.1) is 31.1 Å². The largest absolute Gasteiger partial charge is 0.348 e. The molecule has 2 aromatic rings. The number of amides is 2. The Labute approximate surface area is 181 Å². The lowest BCUT2D eigenvalue weighted by Gasteiger charge is -2.34. The van der Waals surface area contributed by atoms with Gasteiger partial charge in [-0.1, -0.05) is 13.8 Å².